The molecule has 1 aliphatic heterocycles. The molecule has 1 aliphatic carbocycles. The Morgan fingerprint density at radius 3 is 2.53 bits per heavy atom. The standard InChI is InChI=1S/C12H20N2O/c13-12(7-3-1-4-8-12)11(15)14-9-5-2-6-10-14/h2,5H,1,3-4,6-10,13H2. The highest BCUT2D eigenvalue weighted by atomic mass is 16.2. The molecule has 3 nitrogen and oxygen atoms in total. The maximum atomic E-state index is 12.2. The Labute approximate surface area is 91.3 Å². The van der Waals surface area contributed by atoms with Crippen LogP contribution in [0.25, 0.3) is 0 Å². The molecule has 1 saturated carbocycles. The van der Waals surface area contributed by atoms with E-state index in [2.05, 4.69) is 12.2 Å². The second-order valence-corrected chi connectivity index (χ2v) is 4.73. The Kier molecular flexibility index (Phi) is 3.10. The van der Waals surface area contributed by atoms with Gasteiger partial charge in [-0.25, -0.2) is 0 Å². The third-order valence-corrected chi connectivity index (χ3v) is 3.52. The van der Waals surface area contributed by atoms with Gasteiger partial charge >= 0.3 is 0 Å². The maximum absolute atomic E-state index is 12.2. The van der Waals surface area contributed by atoms with Crippen molar-refractivity contribution in [2.24, 2.45) is 5.73 Å². The topological polar surface area (TPSA) is 46.3 Å². The van der Waals surface area contributed by atoms with Gasteiger partial charge in [-0.1, -0.05) is 31.4 Å². The highest BCUT2D eigenvalue weighted by molar-refractivity contribution is 5.86. The van der Waals surface area contributed by atoms with Crippen molar-refractivity contribution in [3.05, 3.63) is 12.2 Å². The van der Waals surface area contributed by atoms with Crippen LogP contribution in [0.3, 0.4) is 0 Å². The maximum Gasteiger partial charge on any atom is 0.242 e. The third kappa shape index (κ3) is 2.23. The fourth-order valence-corrected chi connectivity index (χ4v) is 2.54. The molecule has 2 aliphatic rings. The molecule has 0 spiro atoms. The molecule has 1 fully saturated rings. The van der Waals surface area contributed by atoms with Gasteiger partial charge in [-0.05, 0) is 19.3 Å². The normalized spacial score (nSPS) is 25.3. The molecule has 0 aromatic heterocycles. The van der Waals surface area contributed by atoms with Crippen LogP contribution in [0.1, 0.15) is 38.5 Å². The molecule has 0 atom stereocenters. The van der Waals surface area contributed by atoms with E-state index < -0.39 is 5.54 Å². The highest BCUT2D eigenvalue weighted by Crippen LogP contribution is 2.28. The summed E-state index contributed by atoms with van der Waals surface area (Å²) >= 11 is 0. The lowest BCUT2D eigenvalue weighted by Gasteiger charge is -2.37. The van der Waals surface area contributed by atoms with Crippen LogP contribution in [-0.2, 0) is 4.79 Å². The number of carbonyl (C=O) groups excluding carboxylic acids is 1. The Bertz CT molecular complexity index is 267. The van der Waals surface area contributed by atoms with E-state index >= 15 is 0 Å². The lowest BCUT2D eigenvalue weighted by Crippen LogP contribution is -2.56. The van der Waals surface area contributed by atoms with Crippen molar-refractivity contribution in [2.45, 2.75) is 44.1 Å². The van der Waals surface area contributed by atoms with Gasteiger partial charge in [-0.3, -0.25) is 4.79 Å². The largest absolute Gasteiger partial charge is 0.337 e. The summed E-state index contributed by atoms with van der Waals surface area (Å²) in [5, 5.41) is 0. The monoisotopic (exact) mass is 208 g/mol. The third-order valence-electron chi connectivity index (χ3n) is 3.52. The molecule has 1 heterocycles. The minimum Gasteiger partial charge on any atom is -0.337 e. The minimum atomic E-state index is -0.552. The fraction of sp³-hybridized carbons (Fsp3) is 0.750. The molecular formula is C12H20N2O. The molecule has 0 aromatic rings. The van der Waals surface area contributed by atoms with Gasteiger partial charge < -0.3 is 10.6 Å². The Hall–Kier alpha value is -0.830. The second kappa shape index (κ2) is 4.35. The van der Waals surface area contributed by atoms with Gasteiger partial charge in [0.1, 0.15) is 0 Å². The van der Waals surface area contributed by atoms with Crippen LogP contribution in [0.5, 0.6) is 0 Å². The van der Waals surface area contributed by atoms with Gasteiger partial charge in [0.2, 0.25) is 5.91 Å². The number of hydrogen-bond donors (Lipinski definition) is 1. The first-order chi connectivity index (χ1) is 7.22. The summed E-state index contributed by atoms with van der Waals surface area (Å²) in [6.07, 6.45) is 10.3. The summed E-state index contributed by atoms with van der Waals surface area (Å²) in [6, 6.07) is 0. The average Bonchev–Trinajstić information content (AvgIpc) is 2.30. The summed E-state index contributed by atoms with van der Waals surface area (Å²) in [4.78, 5) is 14.2. The number of carbonyl (C=O) groups is 1. The van der Waals surface area contributed by atoms with Crippen LogP contribution in [0, 0.1) is 0 Å². The first kappa shape index (κ1) is 10.7. The molecule has 84 valence electrons. The van der Waals surface area contributed by atoms with E-state index in [1.54, 1.807) is 0 Å². The summed E-state index contributed by atoms with van der Waals surface area (Å²) < 4.78 is 0. The number of nitrogens with two attached hydrogens (primary N) is 1. The lowest BCUT2D eigenvalue weighted by atomic mass is 9.81. The molecule has 2 N–H and O–H groups in total. The first-order valence-electron chi connectivity index (χ1n) is 5.96. The molecule has 0 saturated heterocycles. The number of nitrogens with zero attached hydrogens (tertiary/aromatic N) is 1. The van der Waals surface area contributed by atoms with Crippen molar-refractivity contribution in [1.82, 2.24) is 4.90 Å². The van der Waals surface area contributed by atoms with Crippen LogP contribution >= 0.6 is 0 Å². The van der Waals surface area contributed by atoms with Gasteiger partial charge in [-0.2, -0.15) is 0 Å². The Morgan fingerprint density at radius 1 is 1.20 bits per heavy atom. The summed E-state index contributed by atoms with van der Waals surface area (Å²) in [5.41, 5.74) is 5.67. The smallest absolute Gasteiger partial charge is 0.242 e. The molecule has 0 unspecified atom stereocenters. The minimum absolute atomic E-state index is 0.173. The predicted molar refractivity (Wildman–Crippen MR) is 60.3 cm³/mol. The van der Waals surface area contributed by atoms with E-state index in [1.165, 1.54) is 6.42 Å². The quantitative estimate of drug-likeness (QED) is 0.663. The van der Waals surface area contributed by atoms with Crippen LogP contribution in [0.15, 0.2) is 12.2 Å². The van der Waals surface area contributed by atoms with E-state index in [1.807, 2.05) is 4.90 Å². The highest BCUT2D eigenvalue weighted by Gasteiger charge is 2.38. The Balaban J connectivity index is 2.01. The second-order valence-electron chi connectivity index (χ2n) is 4.73. The van der Waals surface area contributed by atoms with Crippen molar-refractivity contribution in [3.8, 4) is 0 Å². The Morgan fingerprint density at radius 2 is 1.93 bits per heavy atom. The fourth-order valence-electron chi connectivity index (χ4n) is 2.54. The number of hydrogen-bond acceptors (Lipinski definition) is 2. The first-order valence-corrected chi connectivity index (χ1v) is 5.96. The van der Waals surface area contributed by atoms with Crippen LogP contribution < -0.4 is 5.73 Å². The van der Waals surface area contributed by atoms with Gasteiger partial charge in [-0.15, -0.1) is 0 Å². The summed E-state index contributed by atoms with van der Waals surface area (Å²) in [6.45, 7) is 1.59. The van der Waals surface area contributed by atoms with Crippen molar-refractivity contribution in [3.63, 3.8) is 0 Å². The van der Waals surface area contributed by atoms with Crippen molar-refractivity contribution in [1.29, 1.82) is 0 Å². The summed E-state index contributed by atoms with van der Waals surface area (Å²) in [5.74, 6) is 0.173. The SMILES string of the molecule is NC1(C(=O)N2CC=CCC2)CCCCC1. The zero-order valence-corrected chi connectivity index (χ0v) is 9.24. The zero-order valence-electron chi connectivity index (χ0n) is 9.24. The van der Waals surface area contributed by atoms with E-state index in [0.29, 0.717) is 0 Å². The van der Waals surface area contributed by atoms with Crippen LogP contribution in [0.2, 0.25) is 0 Å². The van der Waals surface area contributed by atoms with Crippen molar-refractivity contribution >= 4 is 5.91 Å². The van der Waals surface area contributed by atoms with Crippen LogP contribution in [-0.4, -0.2) is 29.4 Å². The predicted octanol–water partition coefficient (Wildman–Crippen LogP) is 1.44. The molecular weight excluding hydrogens is 188 g/mol. The zero-order chi connectivity index (χ0) is 10.7. The van der Waals surface area contributed by atoms with E-state index in [-0.39, 0.29) is 5.91 Å². The van der Waals surface area contributed by atoms with E-state index in [9.17, 15) is 4.79 Å². The molecule has 0 aromatic carbocycles. The molecule has 0 bridgehead atoms. The molecule has 15 heavy (non-hydrogen) atoms. The lowest BCUT2D eigenvalue weighted by molar-refractivity contribution is -0.137. The number of amides is 1. The summed E-state index contributed by atoms with van der Waals surface area (Å²) in [7, 11) is 0. The van der Waals surface area contributed by atoms with Gasteiger partial charge in [0.05, 0.1) is 5.54 Å². The van der Waals surface area contributed by atoms with Gasteiger partial charge in [0.25, 0.3) is 0 Å². The van der Waals surface area contributed by atoms with E-state index in [4.69, 9.17) is 5.73 Å². The molecule has 0 radical (unpaired) electrons. The van der Waals surface area contributed by atoms with Gasteiger partial charge in [0, 0.05) is 13.1 Å². The van der Waals surface area contributed by atoms with Crippen LogP contribution in [0.4, 0.5) is 0 Å². The average molecular weight is 208 g/mol. The van der Waals surface area contributed by atoms with Crippen molar-refractivity contribution < 1.29 is 4.79 Å². The molecule has 1 amide bonds. The van der Waals surface area contributed by atoms with Gasteiger partial charge in [0.15, 0.2) is 0 Å². The molecule has 3 heteroatoms. The molecule has 2 rings (SSSR count). The van der Waals surface area contributed by atoms with Crippen molar-refractivity contribution in [2.75, 3.05) is 13.1 Å². The van der Waals surface area contributed by atoms with E-state index in [0.717, 1.165) is 45.2 Å². The number of rotatable bonds is 1.